The number of primary amides is 2. The molecule has 226 valence electrons. The van der Waals surface area contributed by atoms with E-state index in [0.29, 0.717) is 12.3 Å². The van der Waals surface area contributed by atoms with Crippen LogP contribution in [0.15, 0.2) is 76.1 Å². The lowest BCUT2D eigenvalue weighted by Gasteiger charge is -2.08. The number of carbonyl (C=O) groups excluding carboxylic acids is 3. The first-order valence-corrected chi connectivity index (χ1v) is 12.3. The first kappa shape index (κ1) is 32.0. The Morgan fingerprint density at radius 1 is 1.00 bits per heavy atom. The van der Waals surface area contributed by atoms with Crippen LogP contribution in [-0.2, 0) is 17.9 Å². The van der Waals surface area contributed by atoms with Crippen molar-refractivity contribution in [3.63, 3.8) is 0 Å². The molecule has 2 aromatic carbocycles. The number of hydrogen-bond acceptors (Lipinski definition) is 13. The summed E-state index contributed by atoms with van der Waals surface area (Å²) in [5.74, 6) is -0.0223. The molecule has 3 aromatic heterocycles. The molecule has 0 atom stereocenters. The lowest BCUT2D eigenvalue weighted by Crippen LogP contribution is -2.30. The molecule has 0 bridgehead atoms. The molecule has 0 unspecified atom stereocenters. The molecule has 0 fully saturated rings. The molecule has 18 nitrogen and oxygen atoms in total. The molecule has 2 amide bonds. The van der Waals surface area contributed by atoms with Gasteiger partial charge in [0, 0.05) is 11.1 Å². The Morgan fingerprint density at radius 2 is 1.64 bits per heavy atom. The lowest BCUT2D eigenvalue weighted by atomic mass is 10.2. The van der Waals surface area contributed by atoms with Gasteiger partial charge in [-0.25, -0.2) is 34.5 Å². The van der Waals surface area contributed by atoms with E-state index in [1.165, 1.54) is 18.7 Å². The van der Waals surface area contributed by atoms with E-state index in [0.717, 1.165) is 26.0 Å². The highest BCUT2D eigenvalue weighted by Crippen LogP contribution is 2.18. The van der Waals surface area contributed by atoms with E-state index in [4.69, 9.17) is 26.5 Å². The molecular formula is C26H26N12O6. The second kappa shape index (κ2) is 15.5. The number of amides is 2. The van der Waals surface area contributed by atoms with Gasteiger partial charge in [-0.15, -0.1) is 10.2 Å². The summed E-state index contributed by atoms with van der Waals surface area (Å²) in [5, 5.41) is 10.6. The Bertz CT molecular complexity index is 1870. The fourth-order valence-corrected chi connectivity index (χ4v) is 3.61. The maximum absolute atomic E-state index is 12.4. The first-order valence-electron chi connectivity index (χ1n) is 12.3. The molecule has 0 aliphatic heterocycles. The van der Waals surface area contributed by atoms with Gasteiger partial charge in [0.25, 0.3) is 11.8 Å². The van der Waals surface area contributed by atoms with Crippen molar-refractivity contribution in [2.75, 3.05) is 14.2 Å². The number of para-hydroxylation sites is 2. The van der Waals surface area contributed by atoms with Crippen LogP contribution in [0.3, 0.4) is 0 Å². The third-order valence-electron chi connectivity index (χ3n) is 5.64. The molecule has 0 aliphatic rings. The van der Waals surface area contributed by atoms with E-state index >= 15 is 0 Å². The van der Waals surface area contributed by atoms with Crippen LogP contribution >= 0.6 is 0 Å². The van der Waals surface area contributed by atoms with E-state index < -0.39 is 17.5 Å². The Balaban J connectivity index is 0.000000202. The number of imidazole rings is 2. The molecule has 44 heavy (non-hydrogen) atoms. The molecule has 6 N–H and O–H groups in total. The van der Waals surface area contributed by atoms with Crippen molar-refractivity contribution in [1.82, 2.24) is 34.3 Å². The lowest BCUT2D eigenvalue weighted by molar-refractivity contribution is 0.0988. The molecule has 0 aliphatic carbocycles. The molecule has 0 saturated carbocycles. The van der Waals surface area contributed by atoms with Gasteiger partial charge in [0.1, 0.15) is 17.8 Å². The van der Waals surface area contributed by atoms with Crippen molar-refractivity contribution in [2.24, 2.45) is 21.6 Å². The van der Waals surface area contributed by atoms with Crippen molar-refractivity contribution in [3.05, 3.63) is 94.2 Å². The highest BCUT2D eigenvalue weighted by atomic mass is 16.5. The zero-order valence-corrected chi connectivity index (χ0v) is 23.4. The van der Waals surface area contributed by atoms with Gasteiger partial charge in [0.15, 0.2) is 17.0 Å². The summed E-state index contributed by atoms with van der Waals surface area (Å²) in [5.41, 5.74) is 17.8. The monoisotopic (exact) mass is 602 g/mol. The van der Waals surface area contributed by atoms with E-state index in [-0.39, 0.29) is 29.4 Å². The minimum atomic E-state index is -0.765. The molecule has 18 heteroatoms. The minimum absolute atomic E-state index is 0.0208. The van der Waals surface area contributed by atoms with Crippen molar-refractivity contribution >= 4 is 29.4 Å². The van der Waals surface area contributed by atoms with Crippen LogP contribution in [0.25, 0.3) is 5.65 Å². The van der Waals surface area contributed by atoms with Crippen molar-refractivity contribution in [2.45, 2.75) is 13.1 Å². The average Bonchev–Trinajstić information content (AvgIpc) is 3.71. The van der Waals surface area contributed by atoms with E-state index in [2.05, 4.69) is 35.4 Å². The summed E-state index contributed by atoms with van der Waals surface area (Å²) < 4.78 is 12.6. The summed E-state index contributed by atoms with van der Waals surface area (Å²) in [6, 6.07) is 14.7. The van der Waals surface area contributed by atoms with Crippen LogP contribution in [0.2, 0.25) is 0 Å². The number of benzene rings is 2. The van der Waals surface area contributed by atoms with Crippen LogP contribution in [0, 0.1) is 5.53 Å². The number of aliphatic imine (C=N–C) groups is 1. The Hall–Kier alpha value is -6.55. The maximum Gasteiger partial charge on any atom is 0.353 e. The molecular weight excluding hydrogens is 576 g/mol. The smallest absolute Gasteiger partial charge is 0.353 e. The predicted molar refractivity (Wildman–Crippen MR) is 152 cm³/mol. The Kier molecular flexibility index (Phi) is 11.2. The normalized spacial score (nSPS) is 9.86. The van der Waals surface area contributed by atoms with Crippen molar-refractivity contribution in [3.8, 4) is 11.5 Å². The van der Waals surface area contributed by atoms with Gasteiger partial charge in [-0.3, -0.25) is 9.59 Å². The molecule has 0 spiro atoms. The average molecular weight is 603 g/mol. The molecule has 0 saturated heterocycles. The summed E-state index contributed by atoms with van der Waals surface area (Å²) >= 11 is 0. The number of isocyanates is 1. The first-order chi connectivity index (χ1) is 21.2. The van der Waals surface area contributed by atoms with Crippen LogP contribution in [0.4, 0.5) is 5.82 Å². The topological polar surface area (TPSA) is 264 Å². The number of methoxy groups -OCH3 is 2. The second-order valence-electron chi connectivity index (χ2n) is 8.29. The summed E-state index contributed by atoms with van der Waals surface area (Å²) in [4.78, 5) is 57.1. The number of fused-ring (bicyclic) bond motifs is 1. The van der Waals surface area contributed by atoms with Gasteiger partial charge in [-0.05, 0) is 12.1 Å². The van der Waals surface area contributed by atoms with Gasteiger partial charge < -0.3 is 25.9 Å². The number of nitrogens with two attached hydrogens (primary N) is 2. The van der Waals surface area contributed by atoms with Crippen LogP contribution in [-0.4, -0.2) is 66.5 Å². The van der Waals surface area contributed by atoms with Gasteiger partial charge in [0.2, 0.25) is 11.9 Å². The number of aromatic amines is 1. The highest BCUT2D eigenvalue weighted by Gasteiger charge is 2.16. The third-order valence-corrected chi connectivity index (χ3v) is 5.64. The Labute approximate surface area is 247 Å². The zero-order valence-electron chi connectivity index (χ0n) is 23.4. The van der Waals surface area contributed by atoms with Gasteiger partial charge in [-0.1, -0.05) is 41.6 Å². The largest absolute Gasteiger partial charge is 0.496 e. The number of nitrogens with zero attached hydrogens (tertiary/aromatic N) is 8. The van der Waals surface area contributed by atoms with E-state index in [9.17, 15) is 19.2 Å². The third kappa shape index (κ3) is 7.80. The van der Waals surface area contributed by atoms with E-state index in [1.54, 1.807) is 20.3 Å². The number of hydrogen-bond donors (Lipinski definition) is 4. The van der Waals surface area contributed by atoms with Crippen LogP contribution in [0.1, 0.15) is 32.1 Å². The molecule has 5 rings (SSSR count). The quantitative estimate of drug-likeness (QED) is 0.106. The number of ether oxygens (including phenoxy) is 2. The maximum atomic E-state index is 12.4. The number of rotatable bonds is 9. The minimum Gasteiger partial charge on any atom is -0.496 e. The van der Waals surface area contributed by atoms with Crippen molar-refractivity contribution in [1.29, 1.82) is 5.53 Å². The summed E-state index contributed by atoms with van der Waals surface area (Å²) in [7, 11) is 3.13. The highest BCUT2D eigenvalue weighted by molar-refractivity contribution is 5.96. The molecule has 3 heterocycles. The fourth-order valence-electron chi connectivity index (χ4n) is 3.61. The zero-order chi connectivity index (χ0) is 32.1. The number of aromatic nitrogens is 7. The Morgan fingerprint density at radius 3 is 2.20 bits per heavy atom. The summed E-state index contributed by atoms with van der Waals surface area (Å²) in [6.45, 7) is 0.503. The SMILES string of the molecule is COc1ccccc1CN=C=O.COc1ccccc1Cn1nnc2c(C(N)=O)ncn2c1=O.N=Nc1nc[nH]c1C(N)=O. The van der Waals surface area contributed by atoms with E-state index in [1.807, 2.05) is 42.5 Å². The van der Waals surface area contributed by atoms with Gasteiger partial charge in [0.05, 0.1) is 33.6 Å². The second-order valence-corrected chi connectivity index (χ2v) is 8.29. The van der Waals surface area contributed by atoms with Crippen LogP contribution in [0.5, 0.6) is 11.5 Å². The van der Waals surface area contributed by atoms with Crippen molar-refractivity contribution < 1.29 is 23.9 Å². The van der Waals surface area contributed by atoms with Crippen LogP contribution < -0.4 is 26.6 Å². The molecule has 0 radical (unpaired) electrons. The fraction of sp³-hybridized carbons (Fsp3) is 0.154. The van der Waals surface area contributed by atoms with Gasteiger partial charge in [-0.2, -0.15) is 4.68 Å². The van der Waals surface area contributed by atoms with Gasteiger partial charge >= 0.3 is 5.69 Å². The predicted octanol–water partition coefficient (Wildman–Crippen LogP) is 1.14. The molecule has 5 aromatic rings. The number of carbonyl (C=O) groups is 2. The number of nitrogens with one attached hydrogen (secondary N) is 2. The standard InChI is InChI=1S/C13H12N6O3.C9H9NO2.C4H5N5O/c1-22-9-5-3-2-4-8(9)6-19-13(21)18-7-15-10(11(14)20)12(18)16-17-19;1-12-9-5-3-2-4-8(9)6-10-7-11;5-3(10)2-4(9-6)8-1-7-2/h2-5,7H,6H2,1H3,(H2,14,20);2-5H,6H2,1H3;1,6H,(H2,5,10)(H,7,8). The number of H-pyrrole nitrogens is 1. The summed E-state index contributed by atoms with van der Waals surface area (Å²) in [6.07, 6.45) is 3.94.